The summed E-state index contributed by atoms with van der Waals surface area (Å²) in [5, 5.41) is 2.94. The average Bonchev–Trinajstić information content (AvgIpc) is 2.98. The summed E-state index contributed by atoms with van der Waals surface area (Å²) < 4.78 is 0. The second kappa shape index (κ2) is 7.53. The third-order valence-corrected chi connectivity index (χ3v) is 3.70. The maximum absolute atomic E-state index is 11.6. The lowest BCUT2D eigenvalue weighted by Gasteiger charge is -2.30. The standard InChI is InChI=1S/C12H23N3O.2ClH/c1-10-3-2-7-15(9-10)8-6-14-11(16)12(13)4-5-12;;/h10H,2-9,13H2,1H3,(H,14,16);2*1H. The molecule has 1 aliphatic carbocycles. The fourth-order valence-electron chi connectivity index (χ4n) is 2.36. The molecule has 0 aromatic rings. The molecule has 0 bridgehead atoms. The molecule has 0 spiro atoms. The molecule has 1 saturated heterocycles. The smallest absolute Gasteiger partial charge is 0.240 e. The molecule has 1 saturated carbocycles. The summed E-state index contributed by atoms with van der Waals surface area (Å²) >= 11 is 0. The van der Waals surface area contributed by atoms with Gasteiger partial charge in [0, 0.05) is 19.6 Å². The van der Waals surface area contributed by atoms with E-state index in [0.29, 0.717) is 0 Å². The summed E-state index contributed by atoms with van der Waals surface area (Å²) in [6.07, 6.45) is 4.32. The first kappa shape index (κ1) is 18.0. The van der Waals surface area contributed by atoms with Crippen LogP contribution in [0.4, 0.5) is 0 Å². The number of piperidine rings is 1. The van der Waals surface area contributed by atoms with Crippen LogP contribution in [0, 0.1) is 5.92 Å². The Bertz CT molecular complexity index is 272. The van der Waals surface area contributed by atoms with E-state index < -0.39 is 5.54 Å². The lowest BCUT2D eigenvalue weighted by atomic mass is 10.0. The first-order valence-corrected chi connectivity index (χ1v) is 6.40. The van der Waals surface area contributed by atoms with Crippen LogP contribution in [0.1, 0.15) is 32.6 Å². The lowest BCUT2D eigenvalue weighted by Crippen LogP contribution is -2.46. The number of carbonyl (C=O) groups excluding carboxylic acids is 1. The van der Waals surface area contributed by atoms with Crippen molar-refractivity contribution in [2.45, 2.75) is 38.1 Å². The fraction of sp³-hybridized carbons (Fsp3) is 0.917. The molecule has 0 aromatic heterocycles. The van der Waals surface area contributed by atoms with E-state index in [1.54, 1.807) is 0 Å². The van der Waals surface area contributed by atoms with Gasteiger partial charge < -0.3 is 16.0 Å². The molecule has 1 amide bonds. The van der Waals surface area contributed by atoms with Gasteiger partial charge in [0.05, 0.1) is 5.54 Å². The van der Waals surface area contributed by atoms with E-state index in [-0.39, 0.29) is 30.7 Å². The Morgan fingerprint density at radius 3 is 2.67 bits per heavy atom. The molecular weight excluding hydrogens is 273 g/mol. The molecule has 6 heteroatoms. The number of carbonyl (C=O) groups is 1. The molecule has 3 N–H and O–H groups in total. The molecule has 18 heavy (non-hydrogen) atoms. The van der Waals surface area contributed by atoms with Crippen LogP contribution >= 0.6 is 24.8 Å². The lowest BCUT2D eigenvalue weighted by molar-refractivity contribution is -0.123. The molecule has 1 unspecified atom stereocenters. The SMILES string of the molecule is CC1CCCN(CCNC(=O)C2(N)CC2)C1.Cl.Cl. The van der Waals surface area contributed by atoms with Crippen molar-refractivity contribution < 1.29 is 4.79 Å². The van der Waals surface area contributed by atoms with Crippen molar-refractivity contribution in [2.75, 3.05) is 26.2 Å². The molecule has 2 fully saturated rings. The maximum Gasteiger partial charge on any atom is 0.240 e. The maximum atomic E-state index is 11.6. The van der Waals surface area contributed by atoms with Crippen LogP contribution < -0.4 is 11.1 Å². The Hall–Kier alpha value is -0.0300. The summed E-state index contributed by atoms with van der Waals surface area (Å²) in [7, 11) is 0. The van der Waals surface area contributed by atoms with Crippen LogP contribution in [0.5, 0.6) is 0 Å². The predicted molar refractivity (Wildman–Crippen MR) is 78.5 cm³/mol. The summed E-state index contributed by atoms with van der Waals surface area (Å²) in [6, 6.07) is 0. The average molecular weight is 298 g/mol. The van der Waals surface area contributed by atoms with Crippen LogP contribution in [-0.4, -0.2) is 42.5 Å². The van der Waals surface area contributed by atoms with E-state index >= 15 is 0 Å². The molecule has 108 valence electrons. The fourth-order valence-corrected chi connectivity index (χ4v) is 2.36. The van der Waals surface area contributed by atoms with E-state index in [0.717, 1.165) is 31.8 Å². The number of nitrogens with zero attached hydrogens (tertiary/aromatic N) is 1. The topological polar surface area (TPSA) is 58.4 Å². The molecule has 2 aliphatic rings. The first-order chi connectivity index (χ1) is 7.60. The summed E-state index contributed by atoms with van der Waals surface area (Å²) in [6.45, 7) is 6.35. The minimum atomic E-state index is -0.519. The van der Waals surface area contributed by atoms with Gasteiger partial charge in [-0.15, -0.1) is 24.8 Å². The third kappa shape index (κ3) is 4.92. The third-order valence-electron chi connectivity index (χ3n) is 3.70. The number of likely N-dealkylation sites (tertiary alicyclic amines) is 1. The second-order valence-corrected chi connectivity index (χ2v) is 5.46. The van der Waals surface area contributed by atoms with E-state index in [2.05, 4.69) is 17.1 Å². The zero-order chi connectivity index (χ0) is 11.6. The molecule has 1 atom stereocenters. The Morgan fingerprint density at radius 1 is 1.44 bits per heavy atom. The predicted octanol–water partition coefficient (Wildman–Crippen LogP) is 1.17. The molecule has 1 aliphatic heterocycles. The molecular formula is C12H25Cl2N3O. The molecule has 4 nitrogen and oxygen atoms in total. The Kier molecular flexibility index (Phi) is 7.52. The largest absolute Gasteiger partial charge is 0.353 e. The highest BCUT2D eigenvalue weighted by molar-refractivity contribution is 5.88. The van der Waals surface area contributed by atoms with Gasteiger partial charge in [-0.3, -0.25) is 4.79 Å². The molecule has 1 heterocycles. The Labute approximate surface area is 122 Å². The van der Waals surface area contributed by atoms with Crippen molar-refractivity contribution in [1.82, 2.24) is 10.2 Å². The van der Waals surface area contributed by atoms with E-state index in [4.69, 9.17) is 5.73 Å². The second-order valence-electron chi connectivity index (χ2n) is 5.46. The van der Waals surface area contributed by atoms with Gasteiger partial charge in [-0.25, -0.2) is 0 Å². The van der Waals surface area contributed by atoms with Gasteiger partial charge in [0.15, 0.2) is 0 Å². The minimum absolute atomic E-state index is 0. The quantitative estimate of drug-likeness (QED) is 0.819. The van der Waals surface area contributed by atoms with Gasteiger partial charge in [0.2, 0.25) is 5.91 Å². The highest BCUT2D eigenvalue weighted by atomic mass is 35.5. The van der Waals surface area contributed by atoms with Crippen molar-refractivity contribution in [3.05, 3.63) is 0 Å². The van der Waals surface area contributed by atoms with Gasteiger partial charge in [0.1, 0.15) is 0 Å². The Balaban J connectivity index is 0.00000144. The number of rotatable bonds is 4. The molecule has 0 aromatic carbocycles. The normalized spacial score (nSPS) is 25.6. The molecule has 0 radical (unpaired) electrons. The highest BCUT2D eigenvalue weighted by Gasteiger charge is 2.45. The van der Waals surface area contributed by atoms with Crippen molar-refractivity contribution in [3.63, 3.8) is 0 Å². The zero-order valence-corrected chi connectivity index (χ0v) is 12.6. The summed E-state index contributed by atoms with van der Waals surface area (Å²) in [5.41, 5.74) is 5.29. The van der Waals surface area contributed by atoms with Crippen LogP contribution in [0.15, 0.2) is 0 Å². The number of amides is 1. The van der Waals surface area contributed by atoms with Crippen molar-refractivity contribution in [3.8, 4) is 0 Å². The summed E-state index contributed by atoms with van der Waals surface area (Å²) in [5.74, 6) is 0.839. The van der Waals surface area contributed by atoms with Gasteiger partial charge in [-0.2, -0.15) is 0 Å². The zero-order valence-electron chi connectivity index (χ0n) is 11.0. The first-order valence-electron chi connectivity index (χ1n) is 6.40. The van der Waals surface area contributed by atoms with Gasteiger partial charge in [0.25, 0.3) is 0 Å². The van der Waals surface area contributed by atoms with E-state index in [1.165, 1.54) is 25.9 Å². The number of nitrogens with one attached hydrogen (secondary N) is 1. The monoisotopic (exact) mass is 297 g/mol. The minimum Gasteiger partial charge on any atom is -0.353 e. The van der Waals surface area contributed by atoms with Crippen LogP contribution in [-0.2, 0) is 4.79 Å². The van der Waals surface area contributed by atoms with Crippen LogP contribution in [0.25, 0.3) is 0 Å². The van der Waals surface area contributed by atoms with E-state index in [9.17, 15) is 4.79 Å². The van der Waals surface area contributed by atoms with Gasteiger partial charge in [-0.1, -0.05) is 6.92 Å². The van der Waals surface area contributed by atoms with E-state index in [1.807, 2.05) is 0 Å². The number of hydrogen-bond donors (Lipinski definition) is 2. The van der Waals surface area contributed by atoms with Gasteiger partial charge >= 0.3 is 0 Å². The molecule has 2 rings (SSSR count). The van der Waals surface area contributed by atoms with Crippen molar-refractivity contribution in [2.24, 2.45) is 11.7 Å². The van der Waals surface area contributed by atoms with Crippen molar-refractivity contribution >= 4 is 30.7 Å². The van der Waals surface area contributed by atoms with Crippen LogP contribution in [0.3, 0.4) is 0 Å². The van der Waals surface area contributed by atoms with Crippen LogP contribution in [0.2, 0.25) is 0 Å². The van der Waals surface area contributed by atoms with Gasteiger partial charge in [-0.05, 0) is 38.1 Å². The van der Waals surface area contributed by atoms with Crippen molar-refractivity contribution in [1.29, 1.82) is 0 Å². The number of halogens is 2. The number of nitrogens with two attached hydrogens (primary N) is 1. The highest BCUT2D eigenvalue weighted by Crippen LogP contribution is 2.31. The summed E-state index contributed by atoms with van der Waals surface area (Å²) in [4.78, 5) is 14.0. The Morgan fingerprint density at radius 2 is 2.11 bits per heavy atom. The number of hydrogen-bond acceptors (Lipinski definition) is 3.